The van der Waals surface area contributed by atoms with Crippen molar-refractivity contribution in [2.24, 2.45) is 5.92 Å². The number of benzene rings is 1. The average molecular weight is 271 g/mol. The van der Waals surface area contributed by atoms with E-state index in [9.17, 15) is 9.59 Å². The van der Waals surface area contributed by atoms with Gasteiger partial charge in [0.1, 0.15) is 0 Å². The Morgan fingerprint density at radius 1 is 1.30 bits per heavy atom. The molecule has 104 valence electrons. The Hall–Kier alpha value is -2.36. The molecule has 0 spiro atoms. The van der Waals surface area contributed by atoms with E-state index >= 15 is 0 Å². The van der Waals surface area contributed by atoms with Gasteiger partial charge in [-0.25, -0.2) is 0 Å². The van der Waals surface area contributed by atoms with Crippen molar-refractivity contribution >= 4 is 18.0 Å². The Morgan fingerprint density at radius 3 is 2.70 bits per heavy atom. The van der Waals surface area contributed by atoms with Gasteiger partial charge in [0.25, 0.3) is 0 Å². The lowest BCUT2D eigenvalue weighted by Gasteiger charge is -2.10. The van der Waals surface area contributed by atoms with Crippen LogP contribution in [0.1, 0.15) is 17.5 Å². The minimum Gasteiger partial charge on any atom is -0.481 e. The second kappa shape index (κ2) is 6.19. The zero-order valence-corrected chi connectivity index (χ0v) is 11.2. The van der Waals surface area contributed by atoms with Crippen molar-refractivity contribution < 1.29 is 14.7 Å². The minimum atomic E-state index is -0.853. The molecular formula is C16H17NO3. The first-order valence-electron chi connectivity index (χ1n) is 6.51. The zero-order valence-electron chi connectivity index (χ0n) is 11.2. The van der Waals surface area contributed by atoms with E-state index in [0.717, 1.165) is 11.1 Å². The number of aliphatic carboxylic acids is 1. The molecule has 0 bridgehead atoms. The number of carboxylic acids is 1. The highest BCUT2D eigenvalue weighted by Crippen LogP contribution is 2.18. The molecule has 0 radical (unpaired) electrons. The van der Waals surface area contributed by atoms with E-state index in [4.69, 9.17) is 5.11 Å². The minimum absolute atomic E-state index is 0.204. The third kappa shape index (κ3) is 3.57. The van der Waals surface area contributed by atoms with Gasteiger partial charge in [0.05, 0.1) is 5.92 Å². The Balaban J connectivity index is 1.90. The summed E-state index contributed by atoms with van der Waals surface area (Å²) in [5.41, 5.74) is 2.09. The number of hydrogen-bond acceptors (Lipinski definition) is 2. The largest absolute Gasteiger partial charge is 0.481 e. The van der Waals surface area contributed by atoms with Gasteiger partial charge in [-0.15, -0.1) is 0 Å². The molecule has 0 aliphatic heterocycles. The van der Waals surface area contributed by atoms with Crippen LogP contribution in [0.2, 0.25) is 0 Å². The number of carbonyl (C=O) groups excluding carboxylic acids is 1. The molecule has 2 N–H and O–H groups in total. The Kier molecular flexibility index (Phi) is 4.35. The normalized spacial score (nSPS) is 21.2. The standard InChI is InChI=1S/C16H17NO3/c1-11-4-2-3-5-12(11)7-9-15(18)17-14-8-6-13(10-14)16(19)20/h2-9,13-14H,10H2,1H3,(H,17,18)(H,19,20). The second-order valence-electron chi connectivity index (χ2n) is 4.87. The van der Waals surface area contributed by atoms with E-state index in [1.54, 1.807) is 18.2 Å². The third-order valence-electron chi connectivity index (χ3n) is 3.33. The first-order valence-corrected chi connectivity index (χ1v) is 6.51. The van der Waals surface area contributed by atoms with Crippen LogP contribution in [-0.4, -0.2) is 23.0 Å². The van der Waals surface area contributed by atoms with Gasteiger partial charge in [-0.3, -0.25) is 9.59 Å². The molecule has 0 saturated heterocycles. The first kappa shape index (κ1) is 14.1. The highest BCUT2D eigenvalue weighted by atomic mass is 16.4. The van der Waals surface area contributed by atoms with Gasteiger partial charge < -0.3 is 10.4 Å². The number of aryl methyl sites for hydroxylation is 1. The molecule has 4 heteroatoms. The third-order valence-corrected chi connectivity index (χ3v) is 3.33. The van der Waals surface area contributed by atoms with Crippen LogP contribution in [0.25, 0.3) is 6.08 Å². The summed E-state index contributed by atoms with van der Waals surface area (Å²) >= 11 is 0. The lowest BCUT2D eigenvalue weighted by atomic mass is 10.1. The van der Waals surface area contributed by atoms with Crippen molar-refractivity contribution in [3.8, 4) is 0 Å². The number of amides is 1. The van der Waals surface area contributed by atoms with Gasteiger partial charge in [0.2, 0.25) is 5.91 Å². The van der Waals surface area contributed by atoms with Crippen LogP contribution in [0.15, 0.2) is 42.5 Å². The number of carboxylic acid groups (broad SMARTS) is 1. The van der Waals surface area contributed by atoms with Crippen molar-refractivity contribution in [1.29, 1.82) is 0 Å². The molecule has 0 aromatic heterocycles. The van der Waals surface area contributed by atoms with E-state index in [-0.39, 0.29) is 11.9 Å². The number of rotatable bonds is 4. The lowest BCUT2D eigenvalue weighted by molar-refractivity contribution is -0.140. The maximum absolute atomic E-state index is 11.8. The fraction of sp³-hybridized carbons (Fsp3) is 0.250. The highest BCUT2D eigenvalue weighted by Gasteiger charge is 2.24. The molecule has 2 rings (SSSR count). The number of nitrogens with one attached hydrogen (secondary N) is 1. The SMILES string of the molecule is Cc1ccccc1C=CC(=O)NC1C=CC(C(=O)O)C1. The van der Waals surface area contributed by atoms with Gasteiger partial charge >= 0.3 is 5.97 Å². The van der Waals surface area contributed by atoms with E-state index in [1.807, 2.05) is 31.2 Å². The molecule has 0 heterocycles. The van der Waals surface area contributed by atoms with Gasteiger partial charge in [-0.05, 0) is 30.5 Å². The van der Waals surface area contributed by atoms with Crippen molar-refractivity contribution in [3.05, 3.63) is 53.6 Å². The van der Waals surface area contributed by atoms with Crippen molar-refractivity contribution in [2.45, 2.75) is 19.4 Å². The summed E-state index contributed by atoms with van der Waals surface area (Å²) in [6.45, 7) is 1.98. The summed E-state index contributed by atoms with van der Waals surface area (Å²) in [6, 6.07) is 7.58. The van der Waals surface area contributed by atoms with Gasteiger partial charge in [0.15, 0.2) is 0 Å². The first-order chi connectivity index (χ1) is 9.56. The monoisotopic (exact) mass is 271 g/mol. The Bertz CT molecular complexity index is 575. The molecule has 2 atom stereocenters. The summed E-state index contributed by atoms with van der Waals surface area (Å²) in [5.74, 6) is -1.57. The molecule has 2 unspecified atom stereocenters. The molecular weight excluding hydrogens is 254 g/mol. The fourth-order valence-electron chi connectivity index (χ4n) is 2.16. The molecule has 20 heavy (non-hydrogen) atoms. The quantitative estimate of drug-likeness (QED) is 0.651. The van der Waals surface area contributed by atoms with E-state index in [2.05, 4.69) is 5.32 Å². The van der Waals surface area contributed by atoms with Gasteiger partial charge in [0, 0.05) is 12.1 Å². The fourth-order valence-corrected chi connectivity index (χ4v) is 2.16. The van der Waals surface area contributed by atoms with Crippen molar-refractivity contribution in [3.63, 3.8) is 0 Å². The van der Waals surface area contributed by atoms with Gasteiger partial charge in [-0.1, -0.05) is 36.4 Å². The molecule has 0 fully saturated rings. The summed E-state index contributed by atoms with van der Waals surface area (Å²) in [5, 5.41) is 11.6. The van der Waals surface area contributed by atoms with Crippen molar-refractivity contribution in [1.82, 2.24) is 5.32 Å². The molecule has 1 aromatic carbocycles. The van der Waals surface area contributed by atoms with Crippen LogP contribution >= 0.6 is 0 Å². The van der Waals surface area contributed by atoms with Gasteiger partial charge in [-0.2, -0.15) is 0 Å². The van der Waals surface area contributed by atoms with Crippen molar-refractivity contribution in [2.75, 3.05) is 0 Å². The van der Waals surface area contributed by atoms with E-state index in [1.165, 1.54) is 6.08 Å². The predicted molar refractivity (Wildman–Crippen MR) is 77.0 cm³/mol. The molecule has 0 saturated carbocycles. The lowest BCUT2D eigenvalue weighted by Crippen LogP contribution is -2.31. The Labute approximate surface area is 117 Å². The van der Waals surface area contributed by atoms with Crippen LogP contribution in [0.5, 0.6) is 0 Å². The zero-order chi connectivity index (χ0) is 14.5. The average Bonchev–Trinajstić information content (AvgIpc) is 2.86. The van der Waals surface area contributed by atoms with Crippen LogP contribution in [0.4, 0.5) is 0 Å². The topological polar surface area (TPSA) is 66.4 Å². The maximum atomic E-state index is 11.8. The number of hydrogen-bond donors (Lipinski definition) is 2. The summed E-state index contributed by atoms with van der Waals surface area (Å²) in [6.07, 6.45) is 7.01. The van der Waals surface area contributed by atoms with E-state index in [0.29, 0.717) is 6.42 Å². The summed E-state index contributed by atoms with van der Waals surface area (Å²) < 4.78 is 0. The van der Waals surface area contributed by atoms with Crippen LogP contribution in [0, 0.1) is 12.8 Å². The summed E-state index contributed by atoms with van der Waals surface area (Å²) in [4.78, 5) is 22.6. The van der Waals surface area contributed by atoms with Crippen LogP contribution < -0.4 is 5.32 Å². The molecule has 1 aliphatic carbocycles. The molecule has 4 nitrogen and oxygen atoms in total. The maximum Gasteiger partial charge on any atom is 0.310 e. The molecule has 1 aliphatic rings. The number of carbonyl (C=O) groups is 2. The Morgan fingerprint density at radius 2 is 2.05 bits per heavy atom. The summed E-state index contributed by atoms with van der Waals surface area (Å²) in [7, 11) is 0. The highest BCUT2D eigenvalue weighted by molar-refractivity contribution is 5.92. The molecule has 1 aromatic rings. The smallest absolute Gasteiger partial charge is 0.310 e. The molecule has 1 amide bonds. The van der Waals surface area contributed by atoms with E-state index < -0.39 is 11.9 Å². The van der Waals surface area contributed by atoms with Crippen LogP contribution in [-0.2, 0) is 9.59 Å². The van der Waals surface area contributed by atoms with Crippen LogP contribution in [0.3, 0.4) is 0 Å². The second-order valence-corrected chi connectivity index (χ2v) is 4.87. The predicted octanol–water partition coefficient (Wildman–Crippen LogP) is 2.15.